The molecular formula is C39H44O10S2. The van der Waals surface area contributed by atoms with E-state index in [0.29, 0.717) is 35.5 Å². The zero-order chi connectivity index (χ0) is 35.6. The van der Waals surface area contributed by atoms with Crippen molar-refractivity contribution in [2.24, 2.45) is 5.92 Å². The number of benzene rings is 3. The number of rotatable bonds is 7. The summed E-state index contributed by atoms with van der Waals surface area (Å²) in [4.78, 5) is 0. The predicted octanol–water partition coefficient (Wildman–Crippen LogP) is 6.44. The Morgan fingerprint density at radius 2 is 1.78 bits per heavy atom. The van der Waals surface area contributed by atoms with Gasteiger partial charge in [0, 0.05) is 45.1 Å². The molecule has 5 aliphatic rings. The van der Waals surface area contributed by atoms with Gasteiger partial charge in [0.15, 0.2) is 17.1 Å². The largest absolute Gasteiger partial charge is 0.508 e. The van der Waals surface area contributed by atoms with E-state index >= 15 is 0 Å². The molecule has 1 saturated carbocycles. The first-order valence-corrected chi connectivity index (χ1v) is 19.9. The maximum atomic E-state index is 12.8. The van der Waals surface area contributed by atoms with Gasteiger partial charge < -0.3 is 49.6 Å². The smallest absolute Gasteiger partial charge is 0.207 e. The van der Waals surface area contributed by atoms with Crippen molar-refractivity contribution in [2.75, 3.05) is 34.0 Å². The van der Waals surface area contributed by atoms with Crippen molar-refractivity contribution in [1.82, 2.24) is 0 Å². The van der Waals surface area contributed by atoms with Crippen molar-refractivity contribution in [3.63, 3.8) is 0 Å². The second-order valence-corrected chi connectivity index (χ2v) is 17.0. The molecule has 6 N–H and O–H groups in total. The van der Waals surface area contributed by atoms with Gasteiger partial charge in [-0.15, -0.1) is 0 Å². The molecule has 0 spiro atoms. The summed E-state index contributed by atoms with van der Waals surface area (Å²) < 4.78 is 24.2. The van der Waals surface area contributed by atoms with E-state index in [9.17, 15) is 30.6 Å². The molecule has 3 aromatic carbocycles. The fraction of sp³-hybridized carbons (Fsp3) is 0.487. The zero-order valence-electron chi connectivity index (χ0n) is 28.6. The van der Waals surface area contributed by atoms with Gasteiger partial charge in [0.05, 0.1) is 27.4 Å². The minimum absolute atomic E-state index is 0.0153. The summed E-state index contributed by atoms with van der Waals surface area (Å²) in [6, 6.07) is 8.69. The Morgan fingerprint density at radius 3 is 2.55 bits per heavy atom. The number of allylic oxidation sites excluding steroid dienone is 1. The molecule has 0 unspecified atom stereocenters. The Hall–Kier alpha value is -3.42. The first-order chi connectivity index (χ1) is 24.7. The van der Waals surface area contributed by atoms with Crippen LogP contribution in [0.4, 0.5) is 0 Å². The summed E-state index contributed by atoms with van der Waals surface area (Å²) in [5.74, 6) is -0.303. The third-order valence-electron chi connectivity index (χ3n) is 11.7. The van der Waals surface area contributed by atoms with Crippen LogP contribution in [0.15, 0.2) is 42.5 Å². The standard InChI is InChI=1S/C39H44O10S2/c1-46-29-16-26(35(43)37(47-2)36(29)44)39-11-10-30-34(38(39)45)33-28(49-39)17-27(48-13-12-40)31-23-9-7-20(42)15-24(23)22(25(18-41)32(31)33)8-6-19-4-3-5-21(14-19)50-51-30/h3,5,7,9,15-17,19,21-22,25,30,34,38,40-45H,4,6,8,10-14,18H2,1-2H3/t19-,21+,22-,25-,30-,34-,38-,39+/m1/s1. The van der Waals surface area contributed by atoms with Crippen LogP contribution < -0.4 is 18.9 Å². The van der Waals surface area contributed by atoms with Crippen molar-refractivity contribution >= 4 is 21.6 Å². The van der Waals surface area contributed by atoms with Gasteiger partial charge in [-0.1, -0.05) is 39.8 Å². The second-order valence-electron chi connectivity index (χ2n) is 14.3. The highest BCUT2D eigenvalue weighted by molar-refractivity contribution is 8.77. The van der Waals surface area contributed by atoms with Crippen LogP contribution in [0.5, 0.6) is 40.2 Å². The molecule has 2 aliphatic heterocycles. The Balaban J connectivity index is 1.42. The van der Waals surface area contributed by atoms with Gasteiger partial charge in [0.1, 0.15) is 30.0 Å². The lowest BCUT2D eigenvalue weighted by Crippen LogP contribution is -2.57. The highest BCUT2D eigenvalue weighted by Gasteiger charge is 2.59. The number of ether oxygens (including phenoxy) is 4. The fourth-order valence-electron chi connectivity index (χ4n) is 9.47. The minimum Gasteiger partial charge on any atom is -0.508 e. The van der Waals surface area contributed by atoms with Gasteiger partial charge in [-0.3, -0.25) is 0 Å². The average Bonchev–Trinajstić information content (AvgIpc) is 3.13. The predicted molar refractivity (Wildman–Crippen MR) is 196 cm³/mol. The molecule has 0 radical (unpaired) electrons. The molecule has 0 amide bonds. The molecule has 10 nitrogen and oxygen atoms in total. The highest BCUT2D eigenvalue weighted by atomic mass is 33.1. The lowest BCUT2D eigenvalue weighted by molar-refractivity contribution is -0.112. The topological polar surface area (TPSA) is 158 Å². The molecule has 8 atom stereocenters. The van der Waals surface area contributed by atoms with E-state index in [1.165, 1.54) is 20.3 Å². The van der Waals surface area contributed by atoms with Crippen LogP contribution in [0, 0.1) is 5.92 Å². The minimum atomic E-state index is -1.46. The van der Waals surface area contributed by atoms with Crippen molar-refractivity contribution < 1.29 is 49.6 Å². The molecule has 51 heavy (non-hydrogen) atoms. The van der Waals surface area contributed by atoms with Gasteiger partial charge in [-0.25, -0.2) is 0 Å². The summed E-state index contributed by atoms with van der Waals surface area (Å²) in [6.07, 6.45) is 8.20. The quantitative estimate of drug-likeness (QED) is 0.117. The molecule has 3 aromatic rings. The van der Waals surface area contributed by atoms with Gasteiger partial charge in [-0.05, 0) is 85.3 Å². The Bertz CT molecular complexity index is 1860. The van der Waals surface area contributed by atoms with Crippen LogP contribution in [0.2, 0.25) is 0 Å². The number of aromatic hydroxyl groups is 3. The summed E-state index contributed by atoms with van der Waals surface area (Å²) in [7, 11) is 6.38. The van der Waals surface area contributed by atoms with Crippen molar-refractivity contribution in [2.45, 2.75) is 78.5 Å². The molecule has 12 heteroatoms. The van der Waals surface area contributed by atoms with E-state index in [-0.39, 0.29) is 65.3 Å². The first kappa shape index (κ1) is 34.7. The molecular weight excluding hydrogens is 693 g/mol. The zero-order valence-corrected chi connectivity index (χ0v) is 30.2. The number of fused-ring (bicyclic) bond motifs is 7. The molecule has 3 aliphatic carbocycles. The third-order valence-corrected chi connectivity index (χ3v) is 15.0. The van der Waals surface area contributed by atoms with E-state index in [1.54, 1.807) is 16.9 Å². The lowest BCUT2D eigenvalue weighted by Gasteiger charge is -2.54. The van der Waals surface area contributed by atoms with E-state index in [0.717, 1.165) is 53.5 Å². The van der Waals surface area contributed by atoms with Crippen molar-refractivity contribution in [3.8, 4) is 51.4 Å². The van der Waals surface area contributed by atoms with Crippen molar-refractivity contribution in [1.29, 1.82) is 0 Å². The summed E-state index contributed by atoms with van der Waals surface area (Å²) in [5.41, 5.74) is 3.02. The van der Waals surface area contributed by atoms with E-state index in [1.807, 2.05) is 29.0 Å². The molecule has 8 rings (SSSR count). The number of aliphatic hydroxyl groups is 3. The average molecular weight is 737 g/mol. The molecule has 272 valence electrons. The van der Waals surface area contributed by atoms with Gasteiger partial charge in [0.2, 0.25) is 11.5 Å². The second kappa shape index (κ2) is 13.5. The highest BCUT2D eigenvalue weighted by Crippen LogP contribution is 2.66. The van der Waals surface area contributed by atoms with Crippen LogP contribution in [0.3, 0.4) is 0 Å². The molecule has 0 saturated heterocycles. The lowest BCUT2D eigenvalue weighted by atomic mass is 9.61. The van der Waals surface area contributed by atoms with Gasteiger partial charge in [0.25, 0.3) is 0 Å². The summed E-state index contributed by atoms with van der Waals surface area (Å²) in [6.45, 7) is -0.384. The number of phenols is 3. The monoisotopic (exact) mass is 736 g/mol. The maximum absolute atomic E-state index is 12.8. The molecule has 0 aromatic heterocycles. The number of aliphatic hydroxyl groups excluding tert-OH is 3. The Labute approximate surface area is 304 Å². The normalized spacial score (nSPS) is 30.3. The van der Waals surface area contributed by atoms with E-state index in [2.05, 4.69) is 12.2 Å². The molecule has 6 bridgehead atoms. The Kier molecular flexibility index (Phi) is 9.19. The molecule has 1 fully saturated rings. The van der Waals surface area contributed by atoms with Crippen LogP contribution in [0.1, 0.15) is 78.5 Å². The third kappa shape index (κ3) is 5.43. The first-order valence-electron chi connectivity index (χ1n) is 17.7. The van der Waals surface area contributed by atoms with Crippen molar-refractivity contribution in [3.05, 3.63) is 64.7 Å². The van der Waals surface area contributed by atoms with Gasteiger partial charge in [-0.2, -0.15) is 0 Å². The summed E-state index contributed by atoms with van der Waals surface area (Å²) in [5, 5.41) is 67.6. The maximum Gasteiger partial charge on any atom is 0.207 e. The van der Waals surface area contributed by atoms with Crippen LogP contribution in [-0.4, -0.2) is 81.3 Å². The molecule has 2 heterocycles. The number of hydrogen-bond donors (Lipinski definition) is 6. The summed E-state index contributed by atoms with van der Waals surface area (Å²) >= 11 is 0. The van der Waals surface area contributed by atoms with Gasteiger partial charge >= 0.3 is 0 Å². The van der Waals surface area contributed by atoms with E-state index in [4.69, 9.17) is 18.9 Å². The fourth-order valence-corrected chi connectivity index (χ4v) is 12.8. The SMILES string of the molecule is COc1cc([C@@]23CC[C@H]4SS[C@H]5C=CC[C@H](CC[C@@H]6c7cc(O)ccc7-c7c(OCCO)cc(c(c7[C@@H]6CO)[C@@H]4[C@H]2O)O3)C5)c(O)c(OC)c1O. The van der Waals surface area contributed by atoms with Crippen LogP contribution in [-0.2, 0) is 5.60 Å². The number of methoxy groups -OCH3 is 2. The number of phenolic OH excluding ortho intramolecular Hbond substituents is 3. The van der Waals surface area contributed by atoms with Crippen LogP contribution in [0.25, 0.3) is 11.1 Å². The van der Waals surface area contributed by atoms with E-state index < -0.39 is 23.5 Å². The van der Waals surface area contributed by atoms with Crippen LogP contribution >= 0.6 is 21.6 Å². The Morgan fingerprint density at radius 1 is 0.941 bits per heavy atom. The number of hydrogen-bond acceptors (Lipinski definition) is 12.